The quantitative estimate of drug-likeness (QED) is 0.178. The van der Waals surface area contributed by atoms with Crippen molar-refractivity contribution in [3.8, 4) is 22.3 Å². The zero-order valence-electron chi connectivity index (χ0n) is 29.1. The van der Waals surface area contributed by atoms with E-state index in [1.54, 1.807) is 0 Å². The van der Waals surface area contributed by atoms with Gasteiger partial charge in [0.2, 0.25) is 0 Å². The summed E-state index contributed by atoms with van der Waals surface area (Å²) in [5.41, 5.74) is 14.1. The van der Waals surface area contributed by atoms with Gasteiger partial charge in [0.05, 0.1) is 0 Å². The number of para-hydroxylation sites is 2. The van der Waals surface area contributed by atoms with Crippen molar-refractivity contribution < 1.29 is 4.42 Å². The van der Waals surface area contributed by atoms with Crippen LogP contribution in [0, 0.1) is 0 Å². The van der Waals surface area contributed by atoms with Crippen molar-refractivity contribution in [1.29, 1.82) is 0 Å². The largest absolute Gasteiger partial charge is 0.456 e. The predicted octanol–water partition coefficient (Wildman–Crippen LogP) is 14.4. The lowest BCUT2D eigenvalue weighted by molar-refractivity contribution is 0.669. The summed E-state index contributed by atoms with van der Waals surface area (Å²) in [5.74, 6) is 0. The van der Waals surface area contributed by atoms with Crippen LogP contribution in [0.2, 0.25) is 0 Å². The van der Waals surface area contributed by atoms with Crippen LogP contribution in [0.3, 0.4) is 0 Å². The van der Waals surface area contributed by atoms with Gasteiger partial charge in [-0.05, 0) is 119 Å². The first-order chi connectivity index (χ1) is 26.1. The Hall–Kier alpha value is -6.42. The predicted molar refractivity (Wildman–Crippen MR) is 224 cm³/mol. The molecular formula is C50H33NOS. The molecule has 0 spiro atoms. The maximum Gasteiger partial charge on any atom is 0.135 e. The molecule has 10 aromatic rings. The third-order valence-electron chi connectivity index (χ3n) is 11.4. The van der Waals surface area contributed by atoms with E-state index < -0.39 is 0 Å². The molecule has 0 N–H and O–H groups in total. The fourth-order valence-corrected chi connectivity index (χ4v) is 9.78. The van der Waals surface area contributed by atoms with Crippen LogP contribution in [0.4, 0.5) is 17.1 Å². The van der Waals surface area contributed by atoms with E-state index in [4.69, 9.17) is 4.42 Å². The number of anilines is 3. The number of furan rings is 1. The molecule has 0 fully saturated rings. The monoisotopic (exact) mass is 695 g/mol. The molecular weight excluding hydrogens is 663 g/mol. The lowest BCUT2D eigenvalue weighted by Crippen LogP contribution is -2.22. The fourth-order valence-electron chi connectivity index (χ4n) is 8.71. The molecule has 0 atom stereocenters. The minimum atomic E-state index is -0.219. The van der Waals surface area contributed by atoms with Crippen LogP contribution in [-0.4, -0.2) is 0 Å². The van der Waals surface area contributed by atoms with Gasteiger partial charge in [0.1, 0.15) is 11.2 Å². The molecule has 53 heavy (non-hydrogen) atoms. The van der Waals surface area contributed by atoms with Crippen LogP contribution in [0.25, 0.3) is 64.4 Å². The average Bonchev–Trinajstić information content (AvgIpc) is 3.86. The summed E-state index contributed by atoms with van der Waals surface area (Å²) in [4.78, 5) is 2.32. The van der Waals surface area contributed by atoms with Gasteiger partial charge < -0.3 is 9.32 Å². The molecule has 2 nitrogen and oxygen atoms in total. The highest BCUT2D eigenvalue weighted by Gasteiger charge is 2.40. The zero-order chi connectivity index (χ0) is 35.1. The molecule has 0 radical (unpaired) electrons. The van der Waals surface area contributed by atoms with E-state index >= 15 is 0 Å². The van der Waals surface area contributed by atoms with Gasteiger partial charge in [-0.2, -0.15) is 0 Å². The van der Waals surface area contributed by atoms with E-state index in [1.165, 1.54) is 59.1 Å². The number of hydrogen-bond donors (Lipinski definition) is 0. The van der Waals surface area contributed by atoms with Crippen molar-refractivity contribution in [2.75, 3.05) is 4.90 Å². The Morgan fingerprint density at radius 2 is 1.02 bits per heavy atom. The van der Waals surface area contributed by atoms with Crippen LogP contribution in [0.1, 0.15) is 23.6 Å². The summed E-state index contributed by atoms with van der Waals surface area (Å²) in [5, 5.41) is 4.87. The molecule has 0 unspecified atom stereocenters. The molecule has 1 aliphatic rings. The van der Waals surface area contributed by atoms with Gasteiger partial charge in [-0.3, -0.25) is 0 Å². The van der Waals surface area contributed by atoms with Crippen LogP contribution in [-0.2, 0) is 5.41 Å². The molecule has 11 rings (SSSR count). The number of rotatable bonds is 5. The van der Waals surface area contributed by atoms with Crippen molar-refractivity contribution in [3.05, 3.63) is 199 Å². The van der Waals surface area contributed by atoms with E-state index in [9.17, 15) is 0 Å². The maximum absolute atomic E-state index is 6.16. The Morgan fingerprint density at radius 3 is 1.79 bits per heavy atom. The molecule has 0 saturated heterocycles. The highest BCUT2D eigenvalue weighted by Crippen LogP contribution is 2.53. The van der Waals surface area contributed by atoms with E-state index in [2.05, 4.69) is 182 Å². The second-order valence-electron chi connectivity index (χ2n) is 14.2. The SMILES string of the molecule is CC1(c2ccc3sc4ccc(-c5ccc(N(c6ccccc6)c6ccc7oc8ccccc8c7c6)cc5)cc4c3c2)c2ccccc2-c2ccccc21. The van der Waals surface area contributed by atoms with Crippen LogP contribution in [0.15, 0.2) is 186 Å². The van der Waals surface area contributed by atoms with Gasteiger partial charge in [0.25, 0.3) is 0 Å². The molecule has 8 aromatic carbocycles. The topological polar surface area (TPSA) is 16.4 Å². The van der Waals surface area contributed by atoms with Gasteiger partial charge in [-0.1, -0.05) is 109 Å². The zero-order valence-corrected chi connectivity index (χ0v) is 29.9. The number of hydrogen-bond acceptors (Lipinski definition) is 3. The van der Waals surface area contributed by atoms with E-state index in [0.717, 1.165) is 39.0 Å². The van der Waals surface area contributed by atoms with Crippen molar-refractivity contribution >= 4 is 70.5 Å². The molecule has 3 heteroatoms. The smallest absolute Gasteiger partial charge is 0.135 e. The van der Waals surface area contributed by atoms with Gasteiger partial charge in [-0.25, -0.2) is 0 Å². The molecule has 250 valence electrons. The third kappa shape index (κ3) is 4.57. The Labute approximate surface area is 311 Å². The van der Waals surface area contributed by atoms with E-state index in [0.29, 0.717) is 0 Å². The molecule has 0 aliphatic heterocycles. The molecule has 2 heterocycles. The average molecular weight is 696 g/mol. The van der Waals surface area contributed by atoms with E-state index in [1.807, 2.05) is 23.5 Å². The Kier molecular flexibility index (Phi) is 6.58. The third-order valence-corrected chi connectivity index (χ3v) is 12.5. The first-order valence-corrected chi connectivity index (χ1v) is 19.0. The van der Waals surface area contributed by atoms with Gasteiger partial charge >= 0.3 is 0 Å². The first kappa shape index (κ1) is 30.2. The van der Waals surface area contributed by atoms with Crippen LogP contribution in [0.5, 0.6) is 0 Å². The minimum Gasteiger partial charge on any atom is -0.456 e. The molecule has 0 saturated carbocycles. The Bertz CT molecular complexity index is 2980. The molecule has 0 amide bonds. The number of fused-ring (bicyclic) bond motifs is 9. The summed E-state index contributed by atoms with van der Waals surface area (Å²) in [6, 6.07) is 66.3. The Morgan fingerprint density at radius 1 is 0.434 bits per heavy atom. The summed E-state index contributed by atoms with van der Waals surface area (Å²) in [6.07, 6.45) is 0. The lowest BCUT2D eigenvalue weighted by atomic mass is 9.74. The lowest BCUT2D eigenvalue weighted by Gasteiger charge is -2.28. The fraction of sp³-hybridized carbons (Fsp3) is 0.0400. The Balaban J connectivity index is 0.995. The van der Waals surface area contributed by atoms with Gasteiger partial charge in [-0.15, -0.1) is 11.3 Å². The van der Waals surface area contributed by atoms with Crippen molar-refractivity contribution in [3.63, 3.8) is 0 Å². The highest BCUT2D eigenvalue weighted by atomic mass is 32.1. The van der Waals surface area contributed by atoms with Crippen molar-refractivity contribution in [2.45, 2.75) is 12.3 Å². The second kappa shape index (κ2) is 11.5. The molecule has 0 bridgehead atoms. The second-order valence-corrected chi connectivity index (χ2v) is 15.3. The summed E-state index contributed by atoms with van der Waals surface area (Å²) >= 11 is 1.88. The molecule has 1 aliphatic carbocycles. The van der Waals surface area contributed by atoms with Crippen molar-refractivity contribution in [2.24, 2.45) is 0 Å². The standard InChI is InChI=1S/C50H33NOS/c1-50(44-16-8-5-13-38(44)39-14-6-9-17-45(39)50)34-22-28-49-43(30-34)42-29-33(21-27-48(42)53-49)32-19-23-36(24-20-32)51(35-11-3-2-4-12-35)37-25-26-47-41(31-37)40-15-7-10-18-46(40)52-47/h2-31H,1H3. The first-order valence-electron chi connectivity index (χ1n) is 18.2. The number of nitrogens with zero attached hydrogens (tertiary/aromatic N) is 1. The molecule has 2 aromatic heterocycles. The summed E-state index contributed by atoms with van der Waals surface area (Å²) in [6.45, 7) is 2.40. The summed E-state index contributed by atoms with van der Waals surface area (Å²) < 4.78 is 8.79. The maximum atomic E-state index is 6.16. The summed E-state index contributed by atoms with van der Waals surface area (Å²) in [7, 11) is 0. The minimum absolute atomic E-state index is 0.219. The normalized spacial score (nSPS) is 13.2. The number of benzene rings is 8. The van der Waals surface area contributed by atoms with Gasteiger partial charge in [0.15, 0.2) is 0 Å². The van der Waals surface area contributed by atoms with Crippen LogP contribution >= 0.6 is 11.3 Å². The van der Waals surface area contributed by atoms with Crippen LogP contribution < -0.4 is 4.90 Å². The number of thiophene rings is 1. The van der Waals surface area contributed by atoms with E-state index in [-0.39, 0.29) is 5.41 Å². The highest BCUT2D eigenvalue weighted by molar-refractivity contribution is 7.25. The van der Waals surface area contributed by atoms with Crippen molar-refractivity contribution in [1.82, 2.24) is 0 Å². The van der Waals surface area contributed by atoms with Gasteiger partial charge in [0, 0.05) is 53.4 Å².